The van der Waals surface area contributed by atoms with E-state index in [2.05, 4.69) is 95.8 Å². The molecule has 362 valence electrons. The summed E-state index contributed by atoms with van der Waals surface area (Å²) in [6.07, 6.45) is 49.5. The van der Waals surface area contributed by atoms with Crippen LogP contribution in [0.15, 0.2) is 122 Å². The summed E-state index contributed by atoms with van der Waals surface area (Å²) < 4.78 is 47.6. The molecule has 0 saturated heterocycles. The average molecular weight is 939 g/mol. The summed E-state index contributed by atoms with van der Waals surface area (Å²) in [7, 11) is -9.78. The Balaban J connectivity index is 4.84. The molecule has 0 rings (SSSR count). The lowest BCUT2D eigenvalue weighted by Gasteiger charge is -2.20. The molecule has 0 amide bonds. The van der Waals surface area contributed by atoms with Gasteiger partial charge in [0.05, 0.1) is 25.9 Å². The van der Waals surface area contributed by atoms with E-state index in [4.69, 9.17) is 23.8 Å². The molecule has 4 atom stereocenters. The molecule has 5 N–H and O–H groups in total. The minimum atomic E-state index is -4.90. The van der Waals surface area contributed by atoms with Crippen LogP contribution in [-0.2, 0) is 41.8 Å². The van der Waals surface area contributed by atoms with E-state index in [0.29, 0.717) is 19.3 Å². The quantitative estimate of drug-likeness (QED) is 0.0127. The van der Waals surface area contributed by atoms with Crippen molar-refractivity contribution in [3.05, 3.63) is 122 Å². The highest BCUT2D eigenvalue weighted by Gasteiger charge is 2.28. The van der Waals surface area contributed by atoms with Crippen molar-refractivity contribution in [3.8, 4) is 0 Å². The van der Waals surface area contributed by atoms with E-state index in [1.165, 1.54) is 19.3 Å². The fourth-order valence-electron chi connectivity index (χ4n) is 5.06. The van der Waals surface area contributed by atoms with Crippen LogP contribution in [0, 0.1) is 0 Å². The van der Waals surface area contributed by atoms with Gasteiger partial charge in [0.25, 0.3) is 0 Å². The number of rotatable bonds is 40. The summed E-state index contributed by atoms with van der Waals surface area (Å²) in [6, 6.07) is 0. The Morgan fingerprint density at radius 2 is 1.03 bits per heavy atom. The van der Waals surface area contributed by atoms with E-state index in [1.54, 1.807) is 12.2 Å². The molecule has 0 aliphatic rings. The third-order valence-corrected chi connectivity index (χ3v) is 9.88. The molecule has 0 heterocycles. The van der Waals surface area contributed by atoms with Crippen LogP contribution in [0.25, 0.3) is 0 Å². The average Bonchev–Trinajstić information content (AvgIpc) is 3.25. The smallest absolute Gasteiger partial charge is 0.462 e. The second kappa shape index (κ2) is 42.1. The summed E-state index contributed by atoms with van der Waals surface area (Å²) in [5.41, 5.74) is 0. The van der Waals surface area contributed by atoms with Crippen LogP contribution in [0.4, 0.5) is 0 Å². The number of phosphoric acid groups is 2. The van der Waals surface area contributed by atoms with Gasteiger partial charge < -0.3 is 34.4 Å². The fourth-order valence-corrected chi connectivity index (χ4v) is 6.22. The van der Waals surface area contributed by atoms with Gasteiger partial charge in [-0.25, -0.2) is 9.13 Å². The topological polar surface area (TPSA) is 216 Å². The van der Waals surface area contributed by atoms with Gasteiger partial charge in [-0.1, -0.05) is 148 Å². The molecular formula is C48H76O14P2. The maximum absolute atomic E-state index is 12.7. The Kier molecular flexibility index (Phi) is 39.8. The summed E-state index contributed by atoms with van der Waals surface area (Å²) in [4.78, 5) is 52.7. The first-order valence-corrected chi connectivity index (χ1v) is 25.4. The van der Waals surface area contributed by atoms with E-state index in [0.717, 1.165) is 51.4 Å². The highest BCUT2D eigenvalue weighted by molar-refractivity contribution is 7.47. The molecule has 64 heavy (non-hydrogen) atoms. The lowest BCUT2D eigenvalue weighted by molar-refractivity contribution is -0.161. The summed E-state index contributed by atoms with van der Waals surface area (Å²) in [6.45, 7) is 1.29. The number of carbonyl (C=O) groups is 2. The van der Waals surface area contributed by atoms with Crippen LogP contribution in [0.1, 0.15) is 123 Å². The summed E-state index contributed by atoms with van der Waals surface area (Å²) >= 11 is 0. The van der Waals surface area contributed by atoms with Gasteiger partial charge in [-0.2, -0.15) is 0 Å². The molecule has 0 aromatic carbocycles. The molecule has 16 heteroatoms. The SMILES string of the molecule is CC/C=C\C/C=C\C/C=C\C/C=C\C/C=C\C/C=C\CCC(=O)O[C@H](COC(=O)CCC[C@H](O)/C=C/C=C\C/C=C\C/C=C\CCCCC)COP(=O)(O)OC[C@@H](O)COP(=O)(O)O. The van der Waals surface area contributed by atoms with Crippen LogP contribution in [0.3, 0.4) is 0 Å². The van der Waals surface area contributed by atoms with Crippen molar-refractivity contribution >= 4 is 27.6 Å². The lowest BCUT2D eigenvalue weighted by atomic mass is 10.1. The number of unbranched alkanes of at least 4 members (excludes halogenated alkanes) is 3. The predicted octanol–water partition coefficient (Wildman–Crippen LogP) is 10.6. The van der Waals surface area contributed by atoms with Crippen LogP contribution in [-0.4, -0.2) is 81.6 Å². The Bertz CT molecular complexity index is 1600. The minimum Gasteiger partial charge on any atom is -0.462 e. The number of allylic oxidation sites excluding steroid dienone is 19. The van der Waals surface area contributed by atoms with Crippen LogP contribution in [0.2, 0.25) is 0 Å². The molecule has 14 nitrogen and oxygen atoms in total. The number of phosphoric ester groups is 2. The maximum Gasteiger partial charge on any atom is 0.472 e. The van der Waals surface area contributed by atoms with E-state index < -0.39 is 72.3 Å². The van der Waals surface area contributed by atoms with Gasteiger partial charge in [-0.05, 0) is 83.5 Å². The highest BCUT2D eigenvalue weighted by Crippen LogP contribution is 2.43. The van der Waals surface area contributed by atoms with Crippen LogP contribution >= 0.6 is 15.6 Å². The van der Waals surface area contributed by atoms with Crippen LogP contribution in [0.5, 0.6) is 0 Å². The van der Waals surface area contributed by atoms with Gasteiger partial charge in [0.1, 0.15) is 12.7 Å². The normalized spacial score (nSPS) is 15.5. The standard InChI is InChI=1S/C48H76O14P2/c1-3-5-7-9-11-13-15-17-18-19-20-21-22-24-26-28-30-32-34-38-48(52)62-46(43-61-64(56,57)60-41-45(50)40-59-63(53,54)55)42-58-47(51)39-35-37-44(49)36-33-31-29-27-25-23-16-14-12-10-8-6-4-2/h5,7,11-14,17-18,20-21,23-26,29-33,36,44-46,49-50H,3-4,6,8-10,15-16,19,22,27-28,34-35,37-43H2,1-2H3,(H,56,57)(H2,53,54,55)/b7-5-,13-11-,14-12-,18-17-,21-20-,25-23-,26-24-,31-29-,32-30-,36-33+/t44-,45+,46-/m1/s1. The molecule has 0 spiro atoms. The monoisotopic (exact) mass is 938 g/mol. The molecule has 0 aliphatic carbocycles. The number of hydrogen-bond donors (Lipinski definition) is 5. The van der Waals surface area contributed by atoms with Gasteiger partial charge in [-0.3, -0.25) is 23.2 Å². The van der Waals surface area contributed by atoms with Gasteiger partial charge in [0.15, 0.2) is 6.10 Å². The first-order chi connectivity index (χ1) is 30.8. The summed E-state index contributed by atoms with van der Waals surface area (Å²) in [5.74, 6) is -1.34. The second-order valence-electron chi connectivity index (χ2n) is 14.4. The van der Waals surface area contributed by atoms with Crippen molar-refractivity contribution in [1.29, 1.82) is 0 Å². The number of aliphatic hydroxyl groups is 2. The molecule has 0 saturated carbocycles. The van der Waals surface area contributed by atoms with E-state index in [9.17, 15) is 33.8 Å². The second-order valence-corrected chi connectivity index (χ2v) is 17.1. The predicted molar refractivity (Wildman–Crippen MR) is 254 cm³/mol. The zero-order valence-corrected chi connectivity index (χ0v) is 39.7. The molecule has 0 aromatic rings. The first-order valence-electron chi connectivity index (χ1n) is 22.3. The third kappa shape index (κ3) is 45.1. The Morgan fingerprint density at radius 3 is 1.58 bits per heavy atom. The van der Waals surface area contributed by atoms with Gasteiger partial charge in [0, 0.05) is 12.8 Å². The minimum absolute atomic E-state index is 0.0419. The molecule has 0 aromatic heterocycles. The molecule has 0 radical (unpaired) electrons. The lowest BCUT2D eigenvalue weighted by Crippen LogP contribution is -2.30. The molecular weight excluding hydrogens is 862 g/mol. The molecule has 1 unspecified atom stereocenters. The zero-order chi connectivity index (χ0) is 47.4. The molecule has 0 fully saturated rings. The number of ether oxygens (including phenoxy) is 2. The maximum atomic E-state index is 12.7. The Labute approximate surface area is 382 Å². The zero-order valence-electron chi connectivity index (χ0n) is 37.9. The third-order valence-electron chi connectivity index (χ3n) is 8.44. The highest BCUT2D eigenvalue weighted by atomic mass is 31.2. The fraction of sp³-hybridized carbons (Fsp3) is 0.542. The van der Waals surface area contributed by atoms with Gasteiger partial charge in [0.2, 0.25) is 0 Å². The number of hydrogen-bond acceptors (Lipinski definition) is 11. The van der Waals surface area contributed by atoms with Crippen molar-refractivity contribution in [2.75, 3.05) is 26.4 Å². The number of aliphatic hydroxyl groups excluding tert-OH is 2. The first kappa shape index (κ1) is 60.5. The Morgan fingerprint density at radius 1 is 0.531 bits per heavy atom. The van der Waals surface area contributed by atoms with Crippen molar-refractivity contribution in [1.82, 2.24) is 0 Å². The molecule has 0 aliphatic heterocycles. The number of esters is 2. The van der Waals surface area contributed by atoms with Crippen molar-refractivity contribution in [2.45, 2.75) is 141 Å². The molecule has 0 bridgehead atoms. The van der Waals surface area contributed by atoms with Crippen LogP contribution < -0.4 is 0 Å². The van der Waals surface area contributed by atoms with Gasteiger partial charge in [-0.15, -0.1) is 0 Å². The number of carbonyl (C=O) groups excluding carboxylic acids is 2. The van der Waals surface area contributed by atoms with Crippen molar-refractivity contribution < 1.29 is 66.7 Å². The van der Waals surface area contributed by atoms with Gasteiger partial charge >= 0.3 is 27.6 Å². The van der Waals surface area contributed by atoms with E-state index in [-0.39, 0.29) is 19.3 Å². The Hall–Kier alpha value is -3.52. The van der Waals surface area contributed by atoms with Crippen molar-refractivity contribution in [2.24, 2.45) is 0 Å². The van der Waals surface area contributed by atoms with E-state index in [1.807, 2.05) is 36.5 Å². The largest absolute Gasteiger partial charge is 0.472 e. The summed E-state index contributed by atoms with van der Waals surface area (Å²) in [5, 5.41) is 20.0. The van der Waals surface area contributed by atoms with E-state index >= 15 is 0 Å². The van der Waals surface area contributed by atoms with Crippen molar-refractivity contribution in [3.63, 3.8) is 0 Å².